The molecule has 2 heterocycles. The van der Waals surface area contributed by atoms with Crippen LogP contribution in [0.15, 0.2) is 12.1 Å². The van der Waals surface area contributed by atoms with E-state index in [9.17, 15) is 0 Å². The van der Waals surface area contributed by atoms with Gasteiger partial charge in [0.15, 0.2) is 0 Å². The molecule has 0 aromatic carbocycles. The van der Waals surface area contributed by atoms with Crippen molar-refractivity contribution in [2.75, 3.05) is 54.5 Å². The van der Waals surface area contributed by atoms with Gasteiger partial charge in [0.1, 0.15) is 11.6 Å². The van der Waals surface area contributed by atoms with Gasteiger partial charge in [0.05, 0.1) is 5.69 Å². The van der Waals surface area contributed by atoms with Gasteiger partial charge in [-0.25, -0.2) is 4.98 Å². The van der Waals surface area contributed by atoms with Gasteiger partial charge in [-0.15, -0.1) is 0 Å². The molecule has 1 aliphatic rings. The summed E-state index contributed by atoms with van der Waals surface area (Å²) in [7, 11) is 0. The van der Waals surface area contributed by atoms with Crippen molar-refractivity contribution in [3.05, 3.63) is 12.1 Å². The van der Waals surface area contributed by atoms with Crippen LogP contribution in [0.2, 0.25) is 0 Å². The Morgan fingerprint density at radius 1 is 1.29 bits per heavy atom. The maximum atomic E-state index is 5.65. The molecule has 2 rings (SSSR count). The zero-order valence-electron chi connectivity index (χ0n) is 9.85. The van der Waals surface area contributed by atoms with Crippen molar-refractivity contribution in [2.24, 2.45) is 0 Å². The lowest BCUT2D eigenvalue weighted by atomic mass is 10.4. The maximum Gasteiger partial charge on any atom is 0.149 e. The van der Waals surface area contributed by atoms with Crippen LogP contribution in [0, 0.1) is 0 Å². The number of rotatable bonds is 4. The normalized spacial score (nSPS) is 16.9. The van der Waals surface area contributed by atoms with Gasteiger partial charge in [-0.3, -0.25) is 4.90 Å². The third-order valence-electron chi connectivity index (χ3n) is 2.80. The van der Waals surface area contributed by atoms with Crippen molar-refractivity contribution in [1.29, 1.82) is 0 Å². The van der Waals surface area contributed by atoms with Crippen LogP contribution in [0.3, 0.4) is 0 Å². The lowest BCUT2D eigenvalue weighted by molar-refractivity contribution is 0.314. The van der Waals surface area contributed by atoms with E-state index in [0.717, 1.165) is 18.9 Å². The van der Waals surface area contributed by atoms with Gasteiger partial charge in [-0.1, -0.05) is 0 Å². The molecule has 0 radical (unpaired) electrons. The quantitative estimate of drug-likeness (QED) is 0.733. The monoisotopic (exact) mass is 253 g/mol. The number of nitrogens with zero attached hydrogens (tertiary/aromatic N) is 2. The lowest BCUT2D eigenvalue weighted by Crippen LogP contribution is -2.36. The fraction of sp³-hybridized carbons (Fsp3) is 0.545. The molecule has 0 spiro atoms. The molecule has 5 N–H and O–H groups in total. The van der Waals surface area contributed by atoms with Gasteiger partial charge < -0.3 is 16.8 Å². The maximum absolute atomic E-state index is 5.65. The van der Waals surface area contributed by atoms with Crippen LogP contribution >= 0.6 is 11.8 Å². The second-order valence-corrected chi connectivity index (χ2v) is 5.28. The summed E-state index contributed by atoms with van der Waals surface area (Å²) < 4.78 is 0. The smallest absolute Gasteiger partial charge is 0.149 e. The summed E-state index contributed by atoms with van der Waals surface area (Å²) in [5, 5.41) is 3.26. The number of thioether (sulfide) groups is 1. The Labute approximate surface area is 106 Å². The molecule has 1 aliphatic heterocycles. The van der Waals surface area contributed by atoms with Gasteiger partial charge in [-0.05, 0) is 12.1 Å². The molecule has 1 fully saturated rings. The Kier molecular flexibility index (Phi) is 4.33. The second kappa shape index (κ2) is 5.97. The van der Waals surface area contributed by atoms with Gasteiger partial charge in [0.2, 0.25) is 0 Å². The molecule has 5 nitrogen and oxygen atoms in total. The molecule has 0 amide bonds. The zero-order valence-corrected chi connectivity index (χ0v) is 10.7. The Morgan fingerprint density at radius 2 is 2.06 bits per heavy atom. The van der Waals surface area contributed by atoms with Crippen LogP contribution in [-0.2, 0) is 0 Å². The molecule has 1 saturated heterocycles. The first-order valence-corrected chi connectivity index (χ1v) is 6.97. The first-order valence-electron chi connectivity index (χ1n) is 5.81. The molecule has 94 valence electrons. The predicted molar refractivity (Wildman–Crippen MR) is 75.3 cm³/mol. The first kappa shape index (κ1) is 12.3. The van der Waals surface area contributed by atoms with Gasteiger partial charge in [0.25, 0.3) is 0 Å². The topological polar surface area (TPSA) is 80.2 Å². The molecule has 0 unspecified atom stereocenters. The molecule has 0 atom stereocenters. The zero-order chi connectivity index (χ0) is 12.1. The molecule has 0 saturated carbocycles. The Balaban J connectivity index is 1.75. The molecule has 6 heteroatoms. The van der Waals surface area contributed by atoms with Gasteiger partial charge in [0, 0.05) is 37.7 Å². The summed E-state index contributed by atoms with van der Waals surface area (Å²) in [6.45, 7) is 4.31. The van der Waals surface area contributed by atoms with Gasteiger partial charge >= 0.3 is 0 Å². The van der Waals surface area contributed by atoms with E-state index in [4.69, 9.17) is 11.5 Å². The molecule has 0 aliphatic carbocycles. The number of nitrogen functional groups attached to an aromatic ring is 2. The van der Waals surface area contributed by atoms with E-state index in [2.05, 4.69) is 15.2 Å². The Morgan fingerprint density at radius 3 is 2.76 bits per heavy atom. The molecule has 17 heavy (non-hydrogen) atoms. The third kappa shape index (κ3) is 3.67. The first-order chi connectivity index (χ1) is 8.25. The molecule has 0 bridgehead atoms. The number of nitrogens with one attached hydrogen (secondary N) is 1. The van der Waals surface area contributed by atoms with E-state index in [1.807, 2.05) is 17.8 Å². The average molecular weight is 253 g/mol. The Hall–Kier alpha value is -1.14. The predicted octanol–water partition coefficient (Wildman–Crippen LogP) is 0.707. The SMILES string of the molecule is Nc1ccc(NCCN2CCSCC2)nc1N. The summed E-state index contributed by atoms with van der Waals surface area (Å²) in [6.07, 6.45) is 0. The van der Waals surface area contributed by atoms with E-state index in [-0.39, 0.29) is 0 Å². The highest BCUT2D eigenvalue weighted by molar-refractivity contribution is 7.99. The summed E-state index contributed by atoms with van der Waals surface area (Å²) in [5.41, 5.74) is 11.8. The lowest BCUT2D eigenvalue weighted by Gasteiger charge is -2.26. The van der Waals surface area contributed by atoms with E-state index in [1.165, 1.54) is 24.6 Å². The van der Waals surface area contributed by atoms with Gasteiger partial charge in [-0.2, -0.15) is 11.8 Å². The highest BCUT2D eigenvalue weighted by Gasteiger charge is 2.09. The van der Waals surface area contributed by atoms with Crippen LogP contribution in [0.5, 0.6) is 0 Å². The molecular formula is C11H19N5S. The Bertz CT molecular complexity index is 365. The largest absolute Gasteiger partial charge is 0.396 e. The van der Waals surface area contributed by atoms with E-state index in [1.54, 1.807) is 6.07 Å². The highest BCUT2D eigenvalue weighted by atomic mass is 32.2. The van der Waals surface area contributed by atoms with Crippen molar-refractivity contribution >= 4 is 29.1 Å². The molecule has 1 aromatic heterocycles. The number of hydrogen-bond donors (Lipinski definition) is 3. The number of anilines is 3. The number of hydrogen-bond acceptors (Lipinski definition) is 6. The third-order valence-corrected chi connectivity index (χ3v) is 3.74. The molecular weight excluding hydrogens is 234 g/mol. The minimum atomic E-state index is 0.393. The van der Waals surface area contributed by atoms with Crippen molar-refractivity contribution in [2.45, 2.75) is 0 Å². The average Bonchev–Trinajstić information content (AvgIpc) is 2.35. The van der Waals surface area contributed by atoms with E-state index < -0.39 is 0 Å². The van der Waals surface area contributed by atoms with Crippen LogP contribution < -0.4 is 16.8 Å². The summed E-state index contributed by atoms with van der Waals surface area (Å²) >= 11 is 2.03. The van der Waals surface area contributed by atoms with Crippen LogP contribution in [0.1, 0.15) is 0 Å². The van der Waals surface area contributed by atoms with Crippen molar-refractivity contribution in [3.63, 3.8) is 0 Å². The van der Waals surface area contributed by atoms with Crippen molar-refractivity contribution in [3.8, 4) is 0 Å². The minimum absolute atomic E-state index is 0.393. The van der Waals surface area contributed by atoms with Crippen LogP contribution in [0.4, 0.5) is 17.3 Å². The van der Waals surface area contributed by atoms with Crippen molar-refractivity contribution in [1.82, 2.24) is 9.88 Å². The summed E-state index contributed by atoms with van der Waals surface area (Å²) in [4.78, 5) is 6.64. The number of pyridine rings is 1. The molecule has 1 aromatic rings. The standard InChI is InChI=1S/C11H19N5S/c12-9-1-2-10(15-11(9)13)14-3-4-16-5-7-17-8-6-16/h1-2H,3-8,12H2,(H3,13,14,15). The summed E-state index contributed by atoms with van der Waals surface area (Å²) in [5.74, 6) is 3.67. The second-order valence-electron chi connectivity index (χ2n) is 4.05. The van der Waals surface area contributed by atoms with Crippen molar-refractivity contribution < 1.29 is 0 Å². The highest BCUT2D eigenvalue weighted by Crippen LogP contribution is 2.14. The number of aromatic nitrogens is 1. The number of nitrogens with two attached hydrogens (primary N) is 2. The van der Waals surface area contributed by atoms with Crippen LogP contribution in [-0.4, -0.2) is 47.6 Å². The summed E-state index contributed by atoms with van der Waals surface area (Å²) in [6, 6.07) is 3.64. The fourth-order valence-corrected chi connectivity index (χ4v) is 2.73. The van der Waals surface area contributed by atoms with Crippen LogP contribution in [0.25, 0.3) is 0 Å². The fourth-order valence-electron chi connectivity index (χ4n) is 1.75. The minimum Gasteiger partial charge on any atom is -0.396 e. The van der Waals surface area contributed by atoms with E-state index >= 15 is 0 Å². The van der Waals surface area contributed by atoms with E-state index in [0.29, 0.717) is 11.5 Å².